The van der Waals surface area contributed by atoms with Crippen molar-refractivity contribution in [2.75, 3.05) is 6.54 Å². The molecule has 1 saturated heterocycles. The van der Waals surface area contributed by atoms with Crippen molar-refractivity contribution in [2.24, 2.45) is 5.41 Å². The lowest BCUT2D eigenvalue weighted by Crippen LogP contribution is -2.43. The predicted octanol–water partition coefficient (Wildman–Crippen LogP) is 5.22. The molecule has 1 unspecified atom stereocenters. The van der Waals surface area contributed by atoms with Gasteiger partial charge in [0, 0.05) is 19.1 Å². The molecule has 0 aromatic heterocycles. The smallest absolute Gasteiger partial charge is 0.0389 e. The van der Waals surface area contributed by atoms with E-state index in [1.165, 1.54) is 16.7 Å². The van der Waals surface area contributed by atoms with Gasteiger partial charge in [0.25, 0.3) is 0 Å². The van der Waals surface area contributed by atoms with Crippen molar-refractivity contribution >= 4 is 0 Å². The Morgan fingerprint density at radius 3 is 2.23 bits per heavy atom. The molecule has 3 rings (SSSR count). The molecular formula is C21H25N. The van der Waals surface area contributed by atoms with Gasteiger partial charge in [0.2, 0.25) is 0 Å². The third-order valence-electron chi connectivity index (χ3n) is 4.85. The molecule has 0 amide bonds. The van der Waals surface area contributed by atoms with E-state index in [4.69, 9.17) is 0 Å². The second-order valence-corrected chi connectivity index (χ2v) is 7.01. The third-order valence-corrected chi connectivity index (χ3v) is 4.85. The number of hydrogen-bond acceptors (Lipinski definition) is 1. The van der Waals surface area contributed by atoms with Gasteiger partial charge in [-0.2, -0.15) is 0 Å². The minimum Gasteiger partial charge on any atom is -0.291 e. The number of piperidine rings is 1. The molecule has 1 heterocycles. The van der Waals surface area contributed by atoms with Crippen LogP contribution >= 0.6 is 0 Å². The summed E-state index contributed by atoms with van der Waals surface area (Å²) in [6.07, 6.45) is 1.05. The number of benzene rings is 2. The molecule has 1 atom stereocenters. The molecule has 2 aromatic carbocycles. The molecule has 1 aliphatic rings. The Labute approximate surface area is 134 Å². The van der Waals surface area contributed by atoms with Crippen LogP contribution in [0.2, 0.25) is 0 Å². The molecule has 2 aromatic rings. The third kappa shape index (κ3) is 3.15. The molecule has 0 saturated carbocycles. The highest BCUT2D eigenvalue weighted by Gasteiger charge is 2.36. The Hall–Kier alpha value is -1.86. The highest BCUT2D eigenvalue weighted by atomic mass is 15.2. The highest BCUT2D eigenvalue weighted by Crippen LogP contribution is 2.42. The second-order valence-electron chi connectivity index (χ2n) is 7.01. The first-order chi connectivity index (χ1) is 10.6. The highest BCUT2D eigenvalue weighted by molar-refractivity contribution is 5.26. The van der Waals surface area contributed by atoms with E-state index in [0.29, 0.717) is 6.04 Å². The van der Waals surface area contributed by atoms with Crippen LogP contribution in [0.3, 0.4) is 0 Å². The van der Waals surface area contributed by atoms with E-state index >= 15 is 0 Å². The van der Waals surface area contributed by atoms with E-state index in [1.54, 1.807) is 0 Å². The first-order valence-electron chi connectivity index (χ1n) is 8.07. The van der Waals surface area contributed by atoms with Crippen LogP contribution in [-0.2, 0) is 6.54 Å². The first kappa shape index (κ1) is 15.1. The van der Waals surface area contributed by atoms with E-state index < -0.39 is 0 Å². The standard InChI is InChI=1S/C21H25N/c1-17-14-20(19-12-8-5-9-13-19)22(16-21(17,2)3)15-18-10-6-4-7-11-18/h4-13,20H,1,14-16H2,2-3H3. The SMILES string of the molecule is C=C1CC(c2ccccc2)N(Cc2ccccc2)CC1(C)C. The molecule has 0 bridgehead atoms. The lowest BCUT2D eigenvalue weighted by molar-refractivity contribution is 0.0982. The Bertz CT molecular complexity index is 627. The average Bonchev–Trinajstić information content (AvgIpc) is 2.52. The monoisotopic (exact) mass is 291 g/mol. The molecule has 1 heteroatoms. The Morgan fingerprint density at radius 2 is 1.59 bits per heavy atom. The molecular weight excluding hydrogens is 266 g/mol. The van der Waals surface area contributed by atoms with Crippen LogP contribution in [0.4, 0.5) is 0 Å². The Balaban J connectivity index is 1.89. The van der Waals surface area contributed by atoms with Crippen LogP contribution in [0.1, 0.15) is 37.4 Å². The van der Waals surface area contributed by atoms with E-state index in [2.05, 4.69) is 86.0 Å². The summed E-state index contributed by atoms with van der Waals surface area (Å²) in [5.41, 5.74) is 4.33. The molecule has 114 valence electrons. The van der Waals surface area contributed by atoms with Gasteiger partial charge in [-0.25, -0.2) is 0 Å². The molecule has 0 spiro atoms. The fourth-order valence-electron chi connectivity index (χ4n) is 3.36. The van der Waals surface area contributed by atoms with Crippen LogP contribution in [0.25, 0.3) is 0 Å². The average molecular weight is 291 g/mol. The van der Waals surface area contributed by atoms with Crippen LogP contribution < -0.4 is 0 Å². The van der Waals surface area contributed by atoms with Crippen molar-refractivity contribution in [3.63, 3.8) is 0 Å². The maximum absolute atomic E-state index is 4.36. The molecule has 1 nitrogen and oxygen atoms in total. The number of hydrogen-bond donors (Lipinski definition) is 0. The number of likely N-dealkylation sites (tertiary alicyclic amines) is 1. The molecule has 0 aliphatic carbocycles. The van der Waals surface area contributed by atoms with Crippen molar-refractivity contribution < 1.29 is 0 Å². The van der Waals surface area contributed by atoms with E-state index in [0.717, 1.165) is 19.5 Å². The summed E-state index contributed by atoms with van der Waals surface area (Å²) in [4.78, 5) is 2.61. The Kier molecular flexibility index (Phi) is 4.17. The summed E-state index contributed by atoms with van der Waals surface area (Å²) in [6, 6.07) is 22.1. The fourth-order valence-corrected chi connectivity index (χ4v) is 3.36. The zero-order valence-corrected chi connectivity index (χ0v) is 13.6. The summed E-state index contributed by atoms with van der Waals surface area (Å²) in [5, 5.41) is 0. The minimum absolute atomic E-state index is 0.181. The largest absolute Gasteiger partial charge is 0.291 e. The van der Waals surface area contributed by atoms with Crippen molar-refractivity contribution in [1.29, 1.82) is 0 Å². The lowest BCUT2D eigenvalue weighted by Gasteiger charge is -2.45. The first-order valence-corrected chi connectivity index (χ1v) is 8.07. The molecule has 1 aliphatic heterocycles. The number of rotatable bonds is 3. The van der Waals surface area contributed by atoms with Gasteiger partial charge >= 0.3 is 0 Å². The topological polar surface area (TPSA) is 3.24 Å². The molecule has 0 N–H and O–H groups in total. The maximum atomic E-state index is 4.36. The van der Waals surface area contributed by atoms with E-state index in [1.807, 2.05) is 0 Å². The summed E-state index contributed by atoms with van der Waals surface area (Å²) >= 11 is 0. The van der Waals surface area contributed by atoms with Gasteiger partial charge in [-0.15, -0.1) is 0 Å². The molecule has 1 fully saturated rings. The fraction of sp³-hybridized carbons (Fsp3) is 0.333. The summed E-state index contributed by atoms with van der Waals surface area (Å²) in [5.74, 6) is 0. The van der Waals surface area contributed by atoms with Crippen LogP contribution in [0, 0.1) is 5.41 Å². The van der Waals surface area contributed by atoms with Gasteiger partial charge < -0.3 is 0 Å². The van der Waals surface area contributed by atoms with Gasteiger partial charge in [-0.3, -0.25) is 4.90 Å². The van der Waals surface area contributed by atoms with Crippen molar-refractivity contribution in [3.05, 3.63) is 83.9 Å². The Morgan fingerprint density at radius 1 is 1.00 bits per heavy atom. The minimum atomic E-state index is 0.181. The van der Waals surface area contributed by atoms with E-state index in [-0.39, 0.29) is 5.41 Å². The number of nitrogens with zero attached hydrogens (tertiary/aromatic N) is 1. The van der Waals surface area contributed by atoms with Gasteiger partial charge in [0.15, 0.2) is 0 Å². The van der Waals surface area contributed by atoms with E-state index in [9.17, 15) is 0 Å². The van der Waals surface area contributed by atoms with Gasteiger partial charge in [-0.1, -0.05) is 86.7 Å². The van der Waals surface area contributed by atoms with Crippen LogP contribution in [0.15, 0.2) is 72.8 Å². The van der Waals surface area contributed by atoms with Crippen molar-refractivity contribution in [3.8, 4) is 0 Å². The summed E-state index contributed by atoms with van der Waals surface area (Å²) in [7, 11) is 0. The quantitative estimate of drug-likeness (QED) is 0.701. The predicted molar refractivity (Wildman–Crippen MR) is 93.6 cm³/mol. The van der Waals surface area contributed by atoms with Crippen LogP contribution in [0.5, 0.6) is 0 Å². The maximum Gasteiger partial charge on any atom is 0.0389 e. The van der Waals surface area contributed by atoms with Crippen molar-refractivity contribution in [1.82, 2.24) is 4.90 Å². The van der Waals surface area contributed by atoms with Gasteiger partial charge in [-0.05, 0) is 23.0 Å². The summed E-state index contributed by atoms with van der Waals surface area (Å²) < 4.78 is 0. The van der Waals surface area contributed by atoms with Crippen LogP contribution in [-0.4, -0.2) is 11.4 Å². The second kappa shape index (κ2) is 6.10. The zero-order valence-electron chi connectivity index (χ0n) is 13.6. The van der Waals surface area contributed by atoms with Gasteiger partial charge in [0.1, 0.15) is 0 Å². The molecule has 0 radical (unpaired) electrons. The summed E-state index contributed by atoms with van der Waals surface area (Å²) in [6.45, 7) is 11.0. The van der Waals surface area contributed by atoms with Gasteiger partial charge in [0.05, 0.1) is 0 Å². The zero-order chi connectivity index (χ0) is 15.6. The molecule has 22 heavy (non-hydrogen) atoms. The lowest BCUT2D eigenvalue weighted by atomic mass is 9.76. The van der Waals surface area contributed by atoms with Crippen molar-refractivity contribution in [2.45, 2.75) is 32.9 Å². The normalized spacial score (nSPS) is 21.7.